The number of carbonyl (C=O) groups excluding carboxylic acids is 2. The van der Waals surface area contributed by atoms with Crippen molar-refractivity contribution in [3.05, 3.63) is 218 Å². The number of aromatic amines is 2. The lowest BCUT2D eigenvalue weighted by atomic mass is 9.78. The third-order valence-corrected chi connectivity index (χ3v) is 23.0. The average molecular weight is 1380 g/mol. The van der Waals surface area contributed by atoms with Crippen LogP contribution in [0.4, 0.5) is 5.69 Å². The molecule has 13 aromatic rings. The van der Waals surface area contributed by atoms with Crippen molar-refractivity contribution in [2.45, 2.75) is 209 Å². The van der Waals surface area contributed by atoms with Gasteiger partial charge in [-0.3, -0.25) is 9.59 Å². The van der Waals surface area contributed by atoms with E-state index in [1.807, 2.05) is 24.3 Å². The van der Waals surface area contributed by atoms with Crippen molar-refractivity contribution in [1.29, 1.82) is 0 Å². The zero-order valence-electron chi connectivity index (χ0n) is 66.2. The van der Waals surface area contributed by atoms with Gasteiger partial charge in [-0.2, -0.15) is 0 Å². The number of anilines is 1. The van der Waals surface area contributed by atoms with Crippen LogP contribution in [0.3, 0.4) is 0 Å². The number of imide groups is 1. The van der Waals surface area contributed by atoms with E-state index in [4.69, 9.17) is 9.97 Å². The van der Waals surface area contributed by atoms with Gasteiger partial charge in [-0.05, 0) is 220 Å². The van der Waals surface area contributed by atoms with Crippen molar-refractivity contribution < 1.29 is 9.59 Å². The van der Waals surface area contributed by atoms with Crippen LogP contribution in [-0.2, 0) is 43.3 Å². The van der Waals surface area contributed by atoms with E-state index in [2.05, 4.69) is 316 Å². The lowest BCUT2D eigenvalue weighted by molar-refractivity contribution is 0.0893. The van der Waals surface area contributed by atoms with E-state index in [1.165, 1.54) is 38.3 Å². The van der Waals surface area contributed by atoms with Crippen molar-refractivity contribution >= 4 is 129 Å². The van der Waals surface area contributed by atoms with E-state index in [0.717, 1.165) is 149 Å². The molecule has 0 unspecified atom stereocenters. The van der Waals surface area contributed by atoms with Crippen LogP contribution in [0.15, 0.2) is 140 Å². The summed E-state index contributed by atoms with van der Waals surface area (Å²) in [5, 5.41) is 12.2. The second-order valence-electron chi connectivity index (χ2n) is 38.9. The highest BCUT2D eigenvalue weighted by Crippen LogP contribution is 2.52. The number of benzene rings is 10. The first-order valence-electron chi connectivity index (χ1n) is 37.9. The molecule has 0 radical (unpaired) electrons. The van der Waals surface area contributed by atoms with Crippen LogP contribution in [0.25, 0.3) is 144 Å². The number of nitrogens with one attached hydrogen (secondary N) is 2. The third kappa shape index (κ3) is 11.3. The summed E-state index contributed by atoms with van der Waals surface area (Å²) >= 11 is 0. The van der Waals surface area contributed by atoms with Crippen LogP contribution in [0.1, 0.15) is 254 Å². The molecule has 0 saturated heterocycles. The fraction of sp³-hybridized carbons (Fsp3) is 0.327. The number of hydrogen-bond donors (Lipinski definition) is 2. The third-order valence-electron chi connectivity index (χ3n) is 23.0. The topological polar surface area (TPSA) is 94.7 Å². The van der Waals surface area contributed by atoms with Gasteiger partial charge in [0, 0.05) is 60.5 Å². The molecule has 3 aromatic heterocycles. The van der Waals surface area contributed by atoms with Crippen LogP contribution in [0.2, 0.25) is 0 Å². The molecule has 16 rings (SSSR count). The Morgan fingerprint density at radius 1 is 0.267 bits per heavy atom. The molecular weight excluding hydrogens is 1280 g/mol. The Morgan fingerprint density at radius 2 is 0.552 bits per heavy atom. The van der Waals surface area contributed by atoms with Gasteiger partial charge in [-0.1, -0.05) is 263 Å². The molecule has 0 saturated carbocycles. The van der Waals surface area contributed by atoms with Gasteiger partial charge >= 0.3 is 0 Å². The second-order valence-corrected chi connectivity index (χ2v) is 38.9. The Kier molecular flexibility index (Phi) is 15.0. The Labute approximate surface area is 620 Å². The predicted molar refractivity (Wildman–Crippen MR) is 450 cm³/mol. The van der Waals surface area contributed by atoms with Crippen molar-refractivity contribution in [1.82, 2.24) is 19.9 Å². The fourth-order valence-corrected chi connectivity index (χ4v) is 16.5. The van der Waals surface area contributed by atoms with Crippen molar-refractivity contribution in [2.75, 3.05) is 4.90 Å². The number of aromatic nitrogens is 4. The highest BCUT2D eigenvalue weighted by atomic mass is 16.2. The van der Waals surface area contributed by atoms with Crippen molar-refractivity contribution in [3.63, 3.8) is 0 Å². The van der Waals surface area contributed by atoms with Gasteiger partial charge < -0.3 is 9.97 Å². The van der Waals surface area contributed by atoms with Gasteiger partial charge in [-0.15, -0.1) is 0 Å². The molecule has 7 heteroatoms. The minimum Gasteiger partial charge on any atom is -0.354 e. The molecular formula is C98H101N5O2. The van der Waals surface area contributed by atoms with E-state index < -0.39 is 0 Å². The Hall–Kier alpha value is -9.98. The summed E-state index contributed by atoms with van der Waals surface area (Å²) in [4.78, 5) is 52.7. The molecule has 0 spiro atoms. The number of nitrogens with zero attached hydrogens (tertiary/aromatic N) is 3. The summed E-state index contributed by atoms with van der Waals surface area (Å²) < 4.78 is 0. The molecule has 0 fully saturated rings. The molecule has 6 heterocycles. The highest BCUT2D eigenvalue weighted by molar-refractivity contribution is 6.45. The Bertz CT molecular complexity index is 5990. The van der Waals surface area contributed by atoms with Gasteiger partial charge in [0.2, 0.25) is 0 Å². The largest absolute Gasteiger partial charge is 0.354 e. The maximum Gasteiger partial charge on any atom is 0.265 e. The lowest BCUT2D eigenvalue weighted by Gasteiger charge is -2.32. The smallest absolute Gasteiger partial charge is 0.265 e. The first kappa shape index (κ1) is 69.4. The number of rotatable bonds is 4. The number of fused-ring (bicyclic) bond motifs is 12. The first-order valence-corrected chi connectivity index (χ1v) is 37.9. The van der Waals surface area contributed by atoms with Crippen LogP contribution >= 0.6 is 0 Å². The monoisotopic (exact) mass is 1380 g/mol. The van der Waals surface area contributed by atoms with E-state index in [0.29, 0.717) is 22.2 Å². The normalized spacial score (nSPS) is 14.4. The summed E-state index contributed by atoms with van der Waals surface area (Å²) in [7, 11) is 0. The summed E-state index contributed by atoms with van der Waals surface area (Å²) in [5.74, 6) is -0.624. The second kappa shape index (κ2) is 22.8. The minimum atomic E-state index is -0.312. The lowest BCUT2D eigenvalue weighted by Crippen LogP contribution is -2.40. The predicted octanol–water partition coefficient (Wildman–Crippen LogP) is 26.6. The molecule has 0 atom stereocenters. The van der Waals surface area contributed by atoms with Crippen LogP contribution in [-0.4, -0.2) is 31.8 Å². The number of hydrogen-bond acceptors (Lipinski definition) is 4. The zero-order valence-corrected chi connectivity index (χ0v) is 66.2. The van der Waals surface area contributed by atoms with Crippen LogP contribution in [0, 0.1) is 0 Å². The maximum atomic E-state index is 15.4. The highest BCUT2D eigenvalue weighted by Gasteiger charge is 2.38. The van der Waals surface area contributed by atoms with Crippen LogP contribution < -0.4 is 4.90 Å². The first-order chi connectivity index (χ1) is 48.9. The Balaban J connectivity index is 1.06. The molecule has 10 aromatic carbocycles. The summed E-state index contributed by atoms with van der Waals surface area (Å²) in [6.07, 6.45) is 8.99. The molecule has 3 aliphatic rings. The number of amides is 2. The zero-order chi connectivity index (χ0) is 75.0. The molecule has 3 aliphatic heterocycles. The summed E-state index contributed by atoms with van der Waals surface area (Å²) in [6, 6.07) is 52.3. The summed E-state index contributed by atoms with van der Waals surface area (Å²) in [6.45, 7) is 54.8. The van der Waals surface area contributed by atoms with Crippen LogP contribution in [0.5, 0.6) is 0 Å². The van der Waals surface area contributed by atoms with Gasteiger partial charge in [-0.25, -0.2) is 14.9 Å². The van der Waals surface area contributed by atoms with Gasteiger partial charge in [0.15, 0.2) is 0 Å². The molecule has 530 valence electrons. The van der Waals surface area contributed by atoms with Gasteiger partial charge in [0.25, 0.3) is 11.8 Å². The average Bonchev–Trinajstić information content (AvgIpc) is 1.55. The molecule has 7 nitrogen and oxygen atoms in total. The van der Waals surface area contributed by atoms with Gasteiger partial charge in [0.05, 0.1) is 34.0 Å². The van der Waals surface area contributed by atoms with E-state index in [-0.39, 0.29) is 55.1 Å². The van der Waals surface area contributed by atoms with Crippen molar-refractivity contribution in [3.8, 4) is 33.4 Å². The number of carbonyl (C=O) groups is 2. The Morgan fingerprint density at radius 3 is 0.914 bits per heavy atom. The quantitative estimate of drug-likeness (QED) is 0.104. The standard InChI is InChI=1S/C98H101N5O2/c1-91(2,3)55-39-52(40-56(45-55)92(4,5)6)80-73-33-34-74(99-73)81(53-41-57(93(7,8)9)46-58(42-53)94(10,11)12)76-37-38-78(101-76)87-69-30-27-65-67-29-32-71-86-70(89(104)103(90(71)105)63-49-61(97(19,20)21)48-62(50-63)98(22,23)24)31-28-66(84(67)86)64-25-26-68(85(69)83(64)65)72-51-79(102-88(72)87)82(77-36-35-75(80)100-77)54-43-59(95(13,14)15)47-60(44-54)96(16,17)18/h25-51,99,102H,1-24H3. The molecule has 0 aliphatic carbocycles. The maximum absolute atomic E-state index is 15.4. The SMILES string of the molecule is CC(C)(C)c1cc(-c2c3nc(c(-c4cc(C(C)(C)C)cc(C(C)(C)C)c4)c4cc5c6ccc7c8ccc9c%10c(ccc(c%11ccc(c(c%12nc(c(-c%13cc(C(C)(C)C)cc(C(C)(C)C)c%13)c%13ccc2[nH]%13)C=C%12)c5[nH]4)c6c7%11)c%108)C(=O)N(c2cc(C(C)(C)C)cc(C(C)(C)C)c2)C9=O)C=C3)cc(C(C)(C)C)c1. The molecule has 8 bridgehead atoms. The molecule has 105 heavy (non-hydrogen) atoms. The van der Waals surface area contributed by atoms with E-state index in [9.17, 15) is 0 Å². The van der Waals surface area contributed by atoms with Crippen molar-refractivity contribution in [2.24, 2.45) is 0 Å². The molecule has 2 N–H and O–H groups in total. The minimum absolute atomic E-state index is 0.148. The van der Waals surface area contributed by atoms with Gasteiger partial charge in [0.1, 0.15) is 0 Å². The summed E-state index contributed by atoms with van der Waals surface area (Å²) in [5.41, 5.74) is 23.6. The van der Waals surface area contributed by atoms with E-state index in [1.54, 1.807) is 0 Å². The fourth-order valence-electron chi connectivity index (χ4n) is 16.5. The number of H-pyrrole nitrogens is 2. The molecule has 2 amide bonds. The van der Waals surface area contributed by atoms with E-state index >= 15 is 9.59 Å².